The van der Waals surface area contributed by atoms with Crippen LogP contribution in [0.25, 0.3) is 0 Å². The van der Waals surface area contributed by atoms with Gasteiger partial charge in [0.25, 0.3) is 0 Å². The van der Waals surface area contributed by atoms with Crippen LogP contribution in [0.4, 0.5) is 4.39 Å². The molecule has 0 saturated carbocycles. The largest absolute Gasteiger partial charge is 0.491 e. The summed E-state index contributed by atoms with van der Waals surface area (Å²) in [7, 11) is 0. The Bertz CT molecular complexity index is 709. The zero-order valence-electron chi connectivity index (χ0n) is 14.2. The molecule has 0 fully saturated rings. The van der Waals surface area contributed by atoms with Gasteiger partial charge in [0.1, 0.15) is 18.2 Å². The SMILES string of the molecule is Cc1ccc(OCC(C)NC(=O)CSCc2ccc(Cl)cc2F)cc1. The molecule has 0 spiro atoms. The van der Waals surface area contributed by atoms with E-state index in [9.17, 15) is 9.18 Å². The fraction of sp³-hybridized carbons (Fsp3) is 0.316. The fourth-order valence-electron chi connectivity index (χ4n) is 2.11. The van der Waals surface area contributed by atoms with Crippen LogP contribution < -0.4 is 10.1 Å². The Hall–Kier alpha value is -1.72. The molecule has 0 aliphatic rings. The molecule has 2 aromatic carbocycles. The van der Waals surface area contributed by atoms with Crippen molar-refractivity contribution in [1.29, 1.82) is 0 Å². The van der Waals surface area contributed by atoms with Gasteiger partial charge in [0.15, 0.2) is 0 Å². The molecule has 134 valence electrons. The van der Waals surface area contributed by atoms with Crippen molar-refractivity contribution in [2.45, 2.75) is 25.6 Å². The Labute approximate surface area is 156 Å². The first kappa shape index (κ1) is 19.6. The molecular formula is C19H21ClFNO2S. The van der Waals surface area contributed by atoms with E-state index in [0.29, 0.717) is 22.9 Å². The highest BCUT2D eigenvalue weighted by molar-refractivity contribution is 7.99. The van der Waals surface area contributed by atoms with Gasteiger partial charge in [-0.3, -0.25) is 4.79 Å². The van der Waals surface area contributed by atoms with Crippen molar-refractivity contribution >= 4 is 29.3 Å². The summed E-state index contributed by atoms with van der Waals surface area (Å²) in [6.45, 7) is 4.29. The molecule has 2 aromatic rings. The second-order valence-electron chi connectivity index (χ2n) is 5.82. The molecule has 0 heterocycles. The van der Waals surface area contributed by atoms with Crippen molar-refractivity contribution in [3.63, 3.8) is 0 Å². The Morgan fingerprint density at radius 1 is 1.28 bits per heavy atom. The van der Waals surface area contributed by atoms with Crippen LogP contribution in [0.2, 0.25) is 5.02 Å². The molecule has 1 amide bonds. The number of halogens is 2. The molecule has 25 heavy (non-hydrogen) atoms. The zero-order valence-corrected chi connectivity index (χ0v) is 15.8. The number of carbonyl (C=O) groups is 1. The van der Waals surface area contributed by atoms with E-state index in [0.717, 1.165) is 5.75 Å². The van der Waals surface area contributed by atoms with Crippen molar-refractivity contribution in [2.75, 3.05) is 12.4 Å². The molecule has 1 N–H and O–H groups in total. The average molecular weight is 382 g/mol. The van der Waals surface area contributed by atoms with Gasteiger partial charge in [-0.1, -0.05) is 35.4 Å². The zero-order chi connectivity index (χ0) is 18.2. The number of thioether (sulfide) groups is 1. The van der Waals surface area contributed by atoms with Crippen LogP contribution in [0.15, 0.2) is 42.5 Å². The Balaban J connectivity index is 1.67. The Morgan fingerprint density at radius 3 is 2.68 bits per heavy atom. The number of carbonyl (C=O) groups excluding carboxylic acids is 1. The van der Waals surface area contributed by atoms with E-state index < -0.39 is 0 Å². The van der Waals surface area contributed by atoms with Crippen LogP contribution in [0, 0.1) is 12.7 Å². The molecule has 1 unspecified atom stereocenters. The van der Waals surface area contributed by atoms with Gasteiger partial charge in [0.2, 0.25) is 5.91 Å². The Kier molecular flexibility index (Phi) is 7.59. The number of ether oxygens (including phenoxy) is 1. The summed E-state index contributed by atoms with van der Waals surface area (Å²) in [5, 5.41) is 3.24. The van der Waals surface area contributed by atoms with Crippen LogP contribution in [0.3, 0.4) is 0 Å². The predicted molar refractivity (Wildman–Crippen MR) is 102 cm³/mol. The summed E-state index contributed by atoms with van der Waals surface area (Å²) in [6.07, 6.45) is 0. The lowest BCUT2D eigenvalue weighted by Gasteiger charge is -2.15. The molecule has 0 saturated heterocycles. The smallest absolute Gasteiger partial charge is 0.230 e. The molecule has 1 atom stereocenters. The molecule has 0 aromatic heterocycles. The van der Waals surface area contributed by atoms with Crippen LogP contribution in [-0.2, 0) is 10.5 Å². The molecule has 0 aliphatic carbocycles. The number of amides is 1. The van der Waals surface area contributed by atoms with E-state index in [2.05, 4.69) is 5.32 Å². The van der Waals surface area contributed by atoms with Crippen molar-refractivity contribution < 1.29 is 13.9 Å². The lowest BCUT2D eigenvalue weighted by Crippen LogP contribution is -2.37. The highest BCUT2D eigenvalue weighted by Crippen LogP contribution is 2.19. The first-order chi connectivity index (χ1) is 11.9. The van der Waals surface area contributed by atoms with Crippen molar-refractivity contribution in [1.82, 2.24) is 5.32 Å². The van der Waals surface area contributed by atoms with E-state index in [1.165, 1.54) is 23.4 Å². The van der Waals surface area contributed by atoms with E-state index in [1.807, 2.05) is 38.1 Å². The third-order valence-electron chi connectivity index (χ3n) is 3.43. The molecule has 0 aliphatic heterocycles. The van der Waals surface area contributed by atoms with Gasteiger partial charge < -0.3 is 10.1 Å². The van der Waals surface area contributed by atoms with Crippen molar-refractivity contribution in [3.05, 3.63) is 64.4 Å². The highest BCUT2D eigenvalue weighted by atomic mass is 35.5. The summed E-state index contributed by atoms with van der Waals surface area (Å²) >= 11 is 7.07. The number of benzene rings is 2. The molecule has 2 rings (SSSR count). The van der Waals surface area contributed by atoms with Crippen molar-refractivity contribution in [3.8, 4) is 5.75 Å². The number of nitrogens with one attached hydrogen (secondary N) is 1. The van der Waals surface area contributed by atoms with Gasteiger partial charge in [-0.15, -0.1) is 11.8 Å². The Morgan fingerprint density at radius 2 is 2.00 bits per heavy atom. The standard InChI is InChI=1S/C19H21ClFNO2S/c1-13-3-7-17(8-4-13)24-10-14(2)22-19(23)12-25-11-15-5-6-16(20)9-18(15)21/h3-9,14H,10-12H2,1-2H3,(H,22,23). The van der Waals surface area contributed by atoms with Crippen molar-refractivity contribution in [2.24, 2.45) is 0 Å². The summed E-state index contributed by atoms with van der Waals surface area (Å²) < 4.78 is 19.3. The van der Waals surface area contributed by atoms with Gasteiger partial charge in [-0.25, -0.2) is 4.39 Å². The quantitative estimate of drug-likeness (QED) is 0.726. The summed E-state index contributed by atoms with van der Waals surface area (Å²) in [5.41, 5.74) is 1.71. The maximum atomic E-state index is 13.7. The van der Waals surface area contributed by atoms with E-state index >= 15 is 0 Å². The highest BCUT2D eigenvalue weighted by Gasteiger charge is 2.09. The monoisotopic (exact) mass is 381 g/mol. The van der Waals surface area contributed by atoms with Gasteiger partial charge in [0, 0.05) is 10.8 Å². The molecule has 0 bridgehead atoms. The molecule has 6 heteroatoms. The fourth-order valence-corrected chi connectivity index (χ4v) is 3.09. The lowest BCUT2D eigenvalue weighted by atomic mass is 10.2. The van der Waals surface area contributed by atoms with Gasteiger partial charge in [-0.05, 0) is 43.7 Å². The number of aryl methyl sites for hydroxylation is 1. The van der Waals surface area contributed by atoms with Gasteiger partial charge in [0.05, 0.1) is 11.8 Å². The average Bonchev–Trinajstić information content (AvgIpc) is 2.56. The summed E-state index contributed by atoms with van der Waals surface area (Å²) in [4.78, 5) is 11.9. The summed E-state index contributed by atoms with van der Waals surface area (Å²) in [6, 6.07) is 12.2. The maximum absolute atomic E-state index is 13.7. The first-order valence-electron chi connectivity index (χ1n) is 7.94. The predicted octanol–water partition coefficient (Wildman–Crippen LogP) is 4.60. The third kappa shape index (κ3) is 6.96. The van der Waals surface area contributed by atoms with Crippen LogP contribution in [-0.4, -0.2) is 24.3 Å². The summed E-state index contributed by atoms with van der Waals surface area (Å²) in [5.74, 6) is 1.01. The molecule has 3 nitrogen and oxygen atoms in total. The normalized spacial score (nSPS) is 11.8. The van der Waals surface area contributed by atoms with E-state index in [1.54, 1.807) is 12.1 Å². The molecular weight excluding hydrogens is 361 g/mol. The second kappa shape index (κ2) is 9.68. The maximum Gasteiger partial charge on any atom is 0.230 e. The first-order valence-corrected chi connectivity index (χ1v) is 9.48. The topological polar surface area (TPSA) is 38.3 Å². The molecule has 0 radical (unpaired) electrons. The van der Waals surface area contributed by atoms with Gasteiger partial charge in [-0.2, -0.15) is 0 Å². The lowest BCUT2D eigenvalue weighted by molar-refractivity contribution is -0.119. The minimum atomic E-state index is -0.347. The number of hydrogen-bond acceptors (Lipinski definition) is 3. The van der Waals surface area contributed by atoms with Crippen LogP contribution >= 0.6 is 23.4 Å². The minimum absolute atomic E-state index is 0.0978. The number of hydrogen-bond donors (Lipinski definition) is 1. The van der Waals surface area contributed by atoms with E-state index in [4.69, 9.17) is 16.3 Å². The third-order valence-corrected chi connectivity index (χ3v) is 4.65. The van der Waals surface area contributed by atoms with E-state index in [-0.39, 0.29) is 23.5 Å². The van der Waals surface area contributed by atoms with Gasteiger partial charge >= 0.3 is 0 Å². The minimum Gasteiger partial charge on any atom is -0.491 e. The van der Waals surface area contributed by atoms with Crippen LogP contribution in [0.1, 0.15) is 18.1 Å². The van der Waals surface area contributed by atoms with Crippen LogP contribution in [0.5, 0.6) is 5.75 Å². The second-order valence-corrected chi connectivity index (χ2v) is 7.24. The number of rotatable bonds is 8.